The molecule has 0 bridgehead atoms. The Labute approximate surface area is 183 Å². The maximum Gasteiger partial charge on any atom is 0.319 e. The molecule has 2 aromatic rings. The van der Waals surface area contributed by atoms with Crippen LogP contribution in [-0.4, -0.2) is 43.7 Å². The van der Waals surface area contributed by atoms with E-state index in [1.165, 1.54) is 0 Å². The van der Waals surface area contributed by atoms with Gasteiger partial charge in [0.15, 0.2) is 0 Å². The number of rotatable bonds is 10. The fourth-order valence-electron chi connectivity index (χ4n) is 2.26. The number of amides is 3. The fourth-order valence-corrected chi connectivity index (χ4v) is 2.26. The Morgan fingerprint density at radius 3 is 2.45 bits per heavy atom. The Bertz CT molecular complexity index is 735. The molecular formula is C19H27Cl2N5O3. The van der Waals surface area contributed by atoms with Crippen molar-refractivity contribution < 1.29 is 14.3 Å². The van der Waals surface area contributed by atoms with Crippen LogP contribution in [0.3, 0.4) is 0 Å². The molecule has 0 fully saturated rings. The minimum Gasteiger partial charge on any atom is -0.383 e. The molecule has 1 heterocycles. The number of carbonyl (C=O) groups is 2. The van der Waals surface area contributed by atoms with Crippen molar-refractivity contribution in [2.45, 2.75) is 13.1 Å². The number of urea groups is 1. The molecule has 3 amide bonds. The Balaban J connectivity index is 0.00000392. The number of aromatic nitrogens is 1. The maximum atomic E-state index is 12.0. The number of nitrogens with zero attached hydrogens (tertiary/aromatic N) is 1. The van der Waals surface area contributed by atoms with Crippen molar-refractivity contribution in [1.29, 1.82) is 0 Å². The number of methoxy groups -OCH3 is 1. The second kappa shape index (κ2) is 15.5. The van der Waals surface area contributed by atoms with Crippen molar-refractivity contribution in [3.63, 3.8) is 0 Å². The van der Waals surface area contributed by atoms with Gasteiger partial charge in [0.25, 0.3) is 0 Å². The summed E-state index contributed by atoms with van der Waals surface area (Å²) in [5, 5.41) is 11.4. The van der Waals surface area contributed by atoms with Gasteiger partial charge in [0.1, 0.15) is 0 Å². The highest BCUT2D eigenvalue weighted by atomic mass is 35.5. The third-order valence-corrected chi connectivity index (χ3v) is 3.65. The topological polar surface area (TPSA) is 104 Å². The minimum absolute atomic E-state index is 0. The van der Waals surface area contributed by atoms with Gasteiger partial charge in [-0.1, -0.05) is 12.1 Å². The third-order valence-electron chi connectivity index (χ3n) is 3.65. The zero-order valence-corrected chi connectivity index (χ0v) is 17.8. The molecule has 10 heteroatoms. The Morgan fingerprint density at radius 1 is 1.00 bits per heavy atom. The van der Waals surface area contributed by atoms with Gasteiger partial charge in [-0.3, -0.25) is 9.78 Å². The van der Waals surface area contributed by atoms with Gasteiger partial charge in [-0.15, -0.1) is 24.8 Å². The molecule has 0 aliphatic rings. The molecule has 0 atom stereocenters. The number of ether oxygens (including phenoxy) is 1. The molecule has 0 aliphatic carbocycles. The Kier molecular flexibility index (Phi) is 14.2. The van der Waals surface area contributed by atoms with Crippen LogP contribution in [0.5, 0.6) is 0 Å². The number of carbonyl (C=O) groups excluding carboxylic acids is 2. The van der Waals surface area contributed by atoms with Gasteiger partial charge < -0.3 is 26.0 Å². The minimum atomic E-state index is -0.296. The third kappa shape index (κ3) is 11.3. The van der Waals surface area contributed by atoms with Gasteiger partial charge in [0, 0.05) is 44.8 Å². The van der Waals surface area contributed by atoms with Gasteiger partial charge in [0.05, 0.1) is 13.2 Å². The van der Waals surface area contributed by atoms with Crippen molar-refractivity contribution in [3.8, 4) is 0 Å². The predicted octanol–water partition coefficient (Wildman–Crippen LogP) is 2.10. The molecule has 1 aromatic carbocycles. The summed E-state index contributed by atoms with van der Waals surface area (Å²) in [4.78, 5) is 27.7. The van der Waals surface area contributed by atoms with E-state index in [4.69, 9.17) is 4.74 Å². The van der Waals surface area contributed by atoms with E-state index in [9.17, 15) is 9.59 Å². The number of benzene rings is 1. The van der Waals surface area contributed by atoms with Crippen LogP contribution < -0.4 is 21.3 Å². The molecule has 0 saturated carbocycles. The van der Waals surface area contributed by atoms with Gasteiger partial charge in [-0.25, -0.2) is 4.79 Å². The van der Waals surface area contributed by atoms with Gasteiger partial charge >= 0.3 is 6.03 Å². The van der Waals surface area contributed by atoms with E-state index in [-0.39, 0.29) is 43.3 Å². The van der Waals surface area contributed by atoms with Crippen LogP contribution in [0.4, 0.5) is 10.5 Å². The first-order valence-corrected chi connectivity index (χ1v) is 8.66. The van der Waals surface area contributed by atoms with E-state index >= 15 is 0 Å². The van der Waals surface area contributed by atoms with Crippen LogP contribution in [-0.2, 0) is 22.6 Å². The van der Waals surface area contributed by atoms with Gasteiger partial charge in [-0.05, 0) is 35.4 Å². The van der Waals surface area contributed by atoms with E-state index in [1.807, 2.05) is 30.3 Å². The van der Waals surface area contributed by atoms with Crippen LogP contribution in [0.2, 0.25) is 0 Å². The number of halogens is 2. The highest BCUT2D eigenvalue weighted by Gasteiger charge is 2.04. The van der Waals surface area contributed by atoms with Crippen molar-refractivity contribution in [2.24, 2.45) is 0 Å². The van der Waals surface area contributed by atoms with Gasteiger partial charge in [0.2, 0.25) is 5.91 Å². The average Bonchev–Trinajstić information content (AvgIpc) is 2.69. The summed E-state index contributed by atoms with van der Waals surface area (Å²) in [6.07, 6.45) is 3.36. The normalized spacial score (nSPS) is 9.55. The van der Waals surface area contributed by atoms with Crippen LogP contribution in [0.1, 0.15) is 11.1 Å². The number of pyridine rings is 1. The number of hydrogen-bond donors (Lipinski definition) is 4. The smallest absolute Gasteiger partial charge is 0.319 e. The van der Waals surface area contributed by atoms with Crippen molar-refractivity contribution in [3.05, 3.63) is 59.9 Å². The SMILES string of the molecule is COCCNCC(=O)NCc1cccc(NC(=O)NCc2ccncc2)c1.Cl.Cl. The van der Waals surface area contributed by atoms with E-state index in [0.29, 0.717) is 31.9 Å². The first-order valence-electron chi connectivity index (χ1n) is 8.66. The van der Waals surface area contributed by atoms with Crippen LogP contribution in [0, 0.1) is 0 Å². The molecule has 0 radical (unpaired) electrons. The first-order chi connectivity index (χ1) is 13.2. The number of nitrogens with one attached hydrogen (secondary N) is 4. The molecule has 0 unspecified atom stereocenters. The Morgan fingerprint density at radius 2 is 1.72 bits per heavy atom. The van der Waals surface area contributed by atoms with Gasteiger partial charge in [-0.2, -0.15) is 0 Å². The number of hydrogen-bond acceptors (Lipinski definition) is 5. The Hall–Kier alpha value is -2.39. The molecule has 4 N–H and O–H groups in total. The monoisotopic (exact) mass is 443 g/mol. The molecule has 2 rings (SSSR count). The summed E-state index contributed by atoms with van der Waals surface area (Å²) in [6.45, 7) is 2.22. The lowest BCUT2D eigenvalue weighted by Crippen LogP contribution is -2.34. The molecule has 0 aliphatic heterocycles. The summed E-state index contributed by atoms with van der Waals surface area (Å²) in [7, 11) is 1.61. The lowest BCUT2D eigenvalue weighted by atomic mass is 10.2. The zero-order chi connectivity index (χ0) is 19.3. The molecule has 8 nitrogen and oxygen atoms in total. The molecule has 160 valence electrons. The molecule has 29 heavy (non-hydrogen) atoms. The molecule has 0 spiro atoms. The summed E-state index contributed by atoms with van der Waals surface area (Å²) in [6, 6.07) is 10.7. The second-order valence-electron chi connectivity index (χ2n) is 5.81. The molecular weight excluding hydrogens is 417 g/mol. The average molecular weight is 444 g/mol. The van der Waals surface area contributed by atoms with E-state index in [0.717, 1.165) is 11.1 Å². The van der Waals surface area contributed by atoms with E-state index < -0.39 is 0 Å². The highest BCUT2D eigenvalue weighted by Crippen LogP contribution is 2.10. The fraction of sp³-hybridized carbons (Fsp3) is 0.316. The zero-order valence-electron chi connectivity index (χ0n) is 16.1. The van der Waals surface area contributed by atoms with Crippen molar-refractivity contribution in [2.75, 3.05) is 32.1 Å². The summed E-state index contributed by atoms with van der Waals surface area (Å²) in [5.74, 6) is -0.0976. The second-order valence-corrected chi connectivity index (χ2v) is 5.81. The van der Waals surface area contributed by atoms with Crippen LogP contribution >= 0.6 is 24.8 Å². The van der Waals surface area contributed by atoms with Crippen LogP contribution in [0.25, 0.3) is 0 Å². The predicted molar refractivity (Wildman–Crippen MR) is 118 cm³/mol. The van der Waals surface area contributed by atoms with E-state index in [1.54, 1.807) is 25.6 Å². The molecule has 1 aromatic heterocycles. The lowest BCUT2D eigenvalue weighted by Gasteiger charge is -2.10. The standard InChI is InChI=1S/C19H25N5O3.2ClH/c1-27-10-9-21-14-18(25)22-13-16-3-2-4-17(11-16)24-19(26)23-12-15-5-7-20-8-6-15;;/h2-8,11,21H,9-10,12-14H2,1H3,(H,22,25)(H2,23,24,26);2*1H. The number of anilines is 1. The van der Waals surface area contributed by atoms with Crippen molar-refractivity contribution in [1.82, 2.24) is 20.9 Å². The maximum absolute atomic E-state index is 12.0. The summed E-state index contributed by atoms with van der Waals surface area (Å²) in [5.41, 5.74) is 2.52. The summed E-state index contributed by atoms with van der Waals surface area (Å²) < 4.78 is 4.90. The largest absolute Gasteiger partial charge is 0.383 e. The quantitative estimate of drug-likeness (QED) is 0.420. The summed E-state index contributed by atoms with van der Waals surface area (Å²) >= 11 is 0. The first kappa shape index (κ1) is 26.6. The van der Waals surface area contributed by atoms with E-state index in [2.05, 4.69) is 26.3 Å². The van der Waals surface area contributed by atoms with Crippen molar-refractivity contribution >= 4 is 42.4 Å². The molecule has 0 saturated heterocycles. The highest BCUT2D eigenvalue weighted by molar-refractivity contribution is 5.89. The lowest BCUT2D eigenvalue weighted by molar-refractivity contribution is -0.120. The van der Waals surface area contributed by atoms with Crippen LogP contribution in [0.15, 0.2) is 48.8 Å².